The lowest BCUT2D eigenvalue weighted by atomic mass is 10.5. The molecule has 0 bridgehead atoms. The molecule has 0 fully saturated rings. The van der Waals surface area contributed by atoms with E-state index in [-0.39, 0.29) is 39.6 Å². The van der Waals surface area contributed by atoms with E-state index in [0.717, 1.165) is 0 Å². The summed E-state index contributed by atoms with van der Waals surface area (Å²) in [6.45, 7) is 14.6. The highest BCUT2D eigenvalue weighted by molar-refractivity contribution is 7.56. The van der Waals surface area contributed by atoms with E-state index < -0.39 is 38.4 Å². The van der Waals surface area contributed by atoms with Crippen LogP contribution in [0.25, 0.3) is 0 Å². The highest BCUT2D eigenvalue weighted by Crippen LogP contribution is 2.53. The zero-order valence-corrected chi connectivity index (χ0v) is 21.2. The van der Waals surface area contributed by atoms with Gasteiger partial charge in [0.05, 0.1) is 39.6 Å². The van der Waals surface area contributed by atoms with E-state index in [9.17, 15) is 18.7 Å². The van der Waals surface area contributed by atoms with Crippen molar-refractivity contribution in [2.24, 2.45) is 0 Å². The fourth-order valence-corrected chi connectivity index (χ4v) is 5.17. The van der Waals surface area contributed by atoms with Crippen LogP contribution >= 0.6 is 15.2 Å². The van der Waals surface area contributed by atoms with Crippen LogP contribution in [0.4, 0.5) is 0 Å². The standard InChI is InChI=1S/2C9H19O5P/c2*1-5-12-9(10)8(4)15(11,13-6-2)14-7-3/h2*8H,5-7H2,1-4H3. The van der Waals surface area contributed by atoms with Crippen molar-refractivity contribution in [3.05, 3.63) is 0 Å². The molecule has 0 spiro atoms. The largest absolute Gasteiger partial charge is 0.465 e. The summed E-state index contributed by atoms with van der Waals surface area (Å²) in [6.07, 6.45) is 0. The van der Waals surface area contributed by atoms with Crippen molar-refractivity contribution >= 4 is 27.1 Å². The van der Waals surface area contributed by atoms with Gasteiger partial charge in [-0.05, 0) is 55.4 Å². The van der Waals surface area contributed by atoms with Gasteiger partial charge < -0.3 is 27.6 Å². The lowest BCUT2D eigenvalue weighted by Crippen LogP contribution is -2.22. The number of ether oxygens (including phenoxy) is 2. The maximum Gasteiger partial charge on any atom is 0.344 e. The topological polar surface area (TPSA) is 124 Å². The third-order valence-corrected chi connectivity index (χ3v) is 8.23. The minimum absolute atomic E-state index is 0.237. The number of hydrogen-bond donors (Lipinski definition) is 0. The smallest absolute Gasteiger partial charge is 0.344 e. The summed E-state index contributed by atoms with van der Waals surface area (Å²) in [6, 6.07) is 0. The van der Waals surface area contributed by atoms with Crippen LogP contribution in [0.5, 0.6) is 0 Å². The van der Waals surface area contributed by atoms with Gasteiger partial charge in [0.15, 0.2) is 11.3 Å². The van der Waals surface area contributed by atoms with Gasteiger partial charge in [-0.15, -0.1) is 0 Å². The summed E-state index contributed by atoms with van der Waals surface area (Å²) in [7, 11) is -6.74. The van der Waals surface area contributed by atoms with E-state index in [1.165, 1.54) is 13.8 Å². The fourth-order valence-electron chi connectivity index (χ4n) is 2.03. The molecule has 0 aromatic heterocycles. The molecule has 0 aliphatic carbocycles. The Hall–Kier alpha value is -0.760. The van der Waals surface area contributed by atoms with Gasteiger partial charge in [0.1, 0.15) is 0 Å². The van der Waals surface area contributed by atoms with Crippen LogP contribution in [0.1, 0.15) is 55.4 Å². The summed E-state index contributed by atoms with van der Waals surface area (Å²) in [5.74, 6) is -1.11. The van der Waals surface area contributed by atoms with E-state index in [4.69, 9.17) is 27.6 Å². The van der Waals surface area contributed by atoms with Crippen LogP contribution in [-0.4, -0.2) is 62.9 Å². The molecule has 0 amide bonds. The summed E-state index contributed by atoms with van der Waals surface area (Å²) < 4.78 is 53.8. The Labute approximate surface area is 180 Å². The van der Waals surface area contributed by atoms with Crippen molar-refractivity contribution in [1.29, 1.82) is 0 Å². The molecule has 0 aromatic carbocycles. The lowest BCUT2D eigenvalue weighted by molar-refractivity contribution is -0.143. The Bertz CT molecular complexity index is 511. The van der Waals surface area contributed by atoms with E-state index in [2.05, 4.69) is 0 Å². The Morgan fingerprint density at radius 3 is 0.967 bits per heavy atom. The molecule has 10 nitrogen and oxygen atoms in total. The van der Waals surface area contributed by atoms with Gasteiger partial charge in [-0.25, -0.2) is 0 Å². The van der Waals surface area contributed by atoms with E-state index in [0.29, 0.717) is 0 Å². The summed E-state index contributed by atoms with van der Waals surface area (Å²) >= 11 is 0. The van der Waals surface area contributed by atoms with Crippen LogP contribution < -0.4 is 0 Å². The monoisotopic (exact) mass is 476 g/mol. The lowest BCUT2D eigenvalue weighted by Gasteiger charge is -2.21. The average molecular weight is 476 g/mol. The zero-order chi connectivity index (χ0) is 23.8. The Morgan fingerprint density at radius 2 is 0.800 bits per heavy atom. The fraction of sp³-hybridized carbons (Fsp3) is 0.889. The minimum Gasteiger partial charge on any atom is -0.465 e. The highest BCUT2D eigenvalue weighted by atomic mass is 31.2. The molecule has 0 saturated heterocycles. The molecule has 0 radical (unpaired) electrons. The maximum absolute atomic E-state index is 12.1. The molecule has 2 unspecified atom stereocenters. The van der Waals surface area contributed by atoms with Crippen molar-refractivity contribution in [3.8, 4) is 0 Å². The minimum atomic E-state index is -3.37. The molecule has 0 rings (SSSR count). The van der Waals surface area contributed by atoms with E-state index in [1.807, 2.05) is 0 Å². The van der Waals surface area contributed by atoms with Gasteiger partial charge in [-0.1, -0.05) is 0 Å². The Balaban J connectivity index is 0. The molecule has 2 atom stereocenters. The van der Waals surface area contributed by atoms with Crippen molar-refractivity contribution in [3.63, 3.8) is 0 Å². The van der Waals surface area contributed by atoms with Crippen LogP contribution in [-0.2, 0) is 46.3 Å². The quantitative estimate of drug-likeness (QED) is 0.263. The molecule has 0 aliphatic rings. The normalized spacial score (nSPS) is 13.6. The number of esters is 2. The van der Waals surface area contributed by atoms with Gasteiger partial charge in [0, 0.05) is 0 Å². The summed E-state index contributed by atoms with van der Waals surface area (Å²) in [4.78, 5) is 22.8. The summed E-state index contributed by atoms with van der Waals surface area (Å²) in [5.41, 5.74) is -1.75. The van der Waals surface area contributed by atoms with Crippen molar-refractivity contribution in [1.82, 2.24) is 0 Å². The van der Waals surface area contributed by atoms with Crippen molar-refractivity contribution in [2.45, 2.75) is 66.7 Å². The second kappa shape index (κ2) is 16.9. The van der Waals surface area contributed by atoms with Crippen LogP contribution in [0, 0.1) is 0 Å². The molecule has 0 aliphatic heterocycles. The number of carbonyl (C=O) groups excluding carboxylic acids is 2. The van der Waals surface area contributed by atoms with Crippen molar-refractivity contribution in [2.75, 3.05) is 39.6 Å². The SMILES string of the molecule is CCOC(=O)C(C)P(=O)(OCC)OCC.CCOC(=O)C(C)P(=O)(OCC)OCC. The van der Waals surface area contributed by atoms with Crippen LogP contribution in [0.2, 0.25) is 0 Å². The Morgan fingerprint density at radius 1 is 0.567 bits per heavy atom. The third-order valence-electron chi connectivity index (χ3n) is 3.44. The van der Waals surface area contributed by atoms with E-state index >= 15 is 0 Å². The first kappa shape index (κ1) is 31.4. The zero-order valence-electron chi connectivity index (χ0n) is 19.4. The molecule has 0 heterocycles. The molecular formula is C18H38O10P2. The van der Waals surface area contributed by atoms with Crippen LogP contribution in [0.3, 0.4) is 0 Å². The molecule has 0 N–H and O–H groups in total. The maximum atomic E-state index is 12.1. The number of carbonyl (C=O) groups is 2. The van der Waals surface area contributed by atoms with Crippen LogP contribution in [0.15, 0.2) is 0 Å². The number of rotatable bonds is 14. The van der Waals surface area contributed by atoms with Gasteiger partial charge in [0.2, 0.25) is 0 Å². The molecule has 30 heavy (non-hydrogen) atoms. The van der Waals surface area contributed by atoms with Crippen molar-refractivity contribution < 1.29 is 46.3 Å². The second-order valence-electron chi connectivity index (χ2n) is 5.61. The predicted molar refractivity (Wildman–Crippen MR) is 114 cm³/mol. The molecule has 0 saturated carbocycles. The Kier molecular flexibility index (Phi) is 17.7. The molecule has 0 aromatic rings. The summed E-state index contributed by atoms with van der Waals surface area (Å²) in [5, 5.41) is 0. The molecular weight excluding hydrogens is 438 g/mol. The van der Waals surface area contributed by atoms with Gasteiger partial charge >= 0.3 is 27.1 Å². The third kappa shape index (κ3) is 11.0. The highest BCUT2D eigenvalue weighted by Gasteiger charge is 2.39. The predicted octanol–water partition coefficient (Wildman–Crippen LogP) is 4.41. The first-order valence-electron chi connectivity index (χ1n) is 10.1. The van der Waals surface area contributed by atoms with E-state index in [1.54, 1.807) is 41.5 Å². The van der Waals surface area contributed by atoms with Gasteiger partial charge in [-0.3, -0.25) is 18.7 Å². The second-order valence-corrected chi connectivity index (χ2v) is 10.3. The average Bonchev–Trinajstić information content (AvgIpc) is 2.68. The first-order chi connectivity index (χ1) is 14.0. The van der Waals surface area contributed by atoms with Gasteiger partial charge in [-0.2, -0.15) is 0 Å². The first-order valence-corrected chi connectivity index (χ1v) is 13.4. The number of hydrogen-bond acceptors (Lipinski definition) is 10. The van der Waals surface area contributed by atoms with Gasteiger partial charge in [0.25, 0.3) is 0 Å². The molecule has 180 valence electrons. The molecule has 12 heteroatoms.